The molecule has 0 spiro atoms. The number of likely N-dealkylation sites (tertiary alicyclic amines) is 1. The zero-order valence-corrected chi connectivity index (χ0v) is 13.2. The minimum atomic E-state index is 0.145. The molecule has 0 bridgehead atoms. The molecule has 0 aliphatic carbocycles. The van der Waals surface area contributed by atoms with Crippen LogP contribution in [0, 0.1) is 6.92 Å². The van der Waals surface area contributed by atoms with Crippen LogP contribution in [0.5, 0.6) is 0 Å². The molecule has 3 aromatic rings. The van der Waals surface area contributed by atoms with Crippen molar-refractivity contribution in [2.24, 2.45) is 0 Å². The van der Waals surface area contributed by atoms with Gasteiger partial charge in [0.15, 0.2) is 0 Å². The monoisotopic (exact) mass is 311 g/mol. The number of hydrogen-bond donors (Lipinski definition) is 1. The van der Waals surface area contributed by atoms with Crippen LogP contribution in [0.1, 0.15) is 33.5 Å². The minimum Gasteiger partial charge on any atom is -0.346 e. The van der Waals surface area contributed by atoms with Gasteiger partial charge in [-0.25, -0.2) is 4.98 Å². The largest absolute Gasteiger partial charge is 0.346 e. The number of thiophene rings is 1. The van der Waals surface area contributed by atoms with E-state index in [9.17, 15) is 4.79 Å². The number of H-pyrrole nitrogens is 1. The number of aryl methyl sites for hydroxylation is 1. The molecule has 1 amide bonds. The summed E-state index contributed by atoms with van der Waals surface area (Å²) in [4.78, 5) is 23.2. The zero-order valence-electron chi connectivity index (χ0n) is 12.4. The van der Waals surface area contributed by atoms with E-state index < -0.39 is 0 Å². The molecule has 1 aliphatic rings. The number of nitrogens with one attached hydrogen (secondary N) is 1. The normalized spacial score (nSPS) is 18.2. The van der Waals surface area contributed by atoms with Gasteiger partial charge in [-0.1, -0.05) is 18.2 Å². The Hall–Kier alpha value is -2.14. The molecule has 3 heterocycles. The highest BCUT2D eigenvalue weighted by atomic mass is 32.1. The van der Waals surface area contributed by atoms with Crippen LogP contribution >= 0.6 is 11.3 Å². The molecular formula is C17H17N3OS. The highest BCUT2D eigenvalue weighted by Crippen LogP contribution is 2.30. The van der Waals surface area contributed by atoms with Crippen LogP contribution in [0.4, 0.5) is 0 Å². The highest BCUT2D eigenvalue weighted by molar-refractivity contribution is 7.20. The average Bonchev–Trinajstić information content (AvgIpc) is 3.24. The van der Waals surface area contributed by atoms with Crippen molar-refractivity contribution in [3.05, 3.63) is 52.9 Å². The lowest BCUT2D eigenvalue weighted by atomic mass is 10.1. The number of benzene rings is 1. The Morgan fingerprint density at radius 2 is 2.27 bits per heavy atom. The summed E-state index contributed by atoms with van der Waals surface area (Å²) in [6, 6.07) is 10.1. The summed E-state index contributed by atoms with van der Waals surface area (Å²) in [7, 11) is 0. The number of carbonyl (C=O) groups excluding carboxylic acids is 1. The van der Waals surface area contributed by atoms with E-state index in [1.165, 1.54) is 4.70 Å². The van der Waals surface area contributed by atoms with Gasteiger partial charge in [-0.2, -0.15) is 0 Å². The number of hydrogen-bond acceptors (Lipinski definition) is 3. The Balaban J connectivity index is 1.53. The molecule has 2 aromatic heterocycles. The van der Waals surface area contributed by atoms with Crippen molar-refractivity contribution in [1.82, 2.24) is 14.9 Å². The molecule has 1 N–H and O–H groups in total. The van der Waals surface area contributed by atoms with E-state index >= 15 is 0 Å². The van der Waals surface area contributed by atoms with E-state index in [0.29, 0.717) is 5.92 Å². The fourth-order valence-electron chi connectivity index (χ4n) is 3.05. The zero-order chi connectivity index (χ0) is 15.1. The first-order valence-electron chi connectivity index (χ1n) is 7.50. The standard InChI is InChI=1S/C17H17N3OS/c1-11-9-18-16(19-11)13-6-7-20(10-13)17(21)15-8-12-4-2-3-5-14(12)22-15/h2-5,8-9,13H,6-7,10H2,1H3,(H,18,19)/t13-/m0/s1. The molecule has 112 valence electrons. The maximum atomic E-state index is 12.7. The third kappa shape index (κ3) is 2.31. The van der Waals surface area contributed by atoms with Crippen molar-refractivity contribution in [1.29, 1.82) is 0 Å². The Labute approximate surface area is 132 Å². The third-order valence-electron chi connectivity index (χ3n) is 4.22. The van der Waals surface area contributed by atoms with Crippen molar-refractivity contribution in [3.63, 3.8) is 0 Å². The molecule has 5 heteroatoms. The second-order valence-electron chi connectivity index (χ2n) is 5.84. The lowest BCUT2D eigenvalue weighted by Gasteiger charge is -2.14. The molecule has 0 radical (unpaired) electrons. The van der Waals surface area contributed by atoms with Crippen LogP contribution in [0.15, 0.2) is 36.5 Å². The first kappa shape index (κ1) is 13.5. The van der Waals surface area contributed by atoms with Crippen LogP contribution < -0.4 is 0 Å². The topological polar surface area (TPSA) is 49.0 Å². The predicted octanol–water partition coefficient (Wildman–Crippen LogP) is 3.56. The Morgan fingerprint density at radius 3 is 3.05 bits per heavy atom. The molecule has 1 saturated heterocycles. The van der Waals surface area contributed by atoms with Crippen LogP contribution in [0.25, 0.3) is 10.1 Å². The summed E-state index contributed by atoms with van der Waals surface area (Å²) in [6.07, 6.45) is 2.83. The molecule has 0 unspecified atom stereocenters. The number of aromatic nitrogens is 2. The molecule has 0 saturated carbocycles. The average molecular weight is 311 g/mol. The Morgan fingerprint density at radius 1 is 1.41 bits per heavy atom. The molecule has 1 atom stereocenters. The van der Waals surface area contributed by atoms with E-state index in [2.05, 4.69) is 22.1 Å². The lowest BCUT2D eigenvalue weighted by molar-refractivity contribution is 0.0795. The van der Waals surface area contributed by atoms with Gasteiger partial charge >= 0.3 is 0 Å². The fraction of sp³-hybridized carbons (Fsp3) is 0.294. The Bertz CT molecular complexity index is 802. The summed E-state index contributed by atoms with van der Waals surface area (Å²) in [5.74, 6) is 1.48. The number of aromatic amines is 1. The van der Waals surface area contributed by atoms with Crippen molar-refractivity contribution < 1.29 is 4.79 Å². The van der Waals surface area contributed by atoms with E-state index in [-0.39, 0.29) is 5.91 Å². The van der Waals surface area contributed by atoms with Crippen LogP contribution in [-0.4, -0.2) is 33.9 Å². The summed E-state index contributed by atoms with van der Waals surface area (Å²) in [6.45, 7) is 3.56. The van der Waals surface area contributed by atoms with Gasteiger partial charge in [-0.15, -0.1) is 11.3 Å². The fourth-order valence-corrected chi connectivity index (χ4v) is 4.08. The smallest absolute Gasteiger partial charge is 0.263 e. The summed E-state index contributed by atoms with van der Waals surface area (Å²) < 4.78 is 1.17. The number of nitrogens with zero attached hydrogens (tertiary/aromatic N) is 2. The number of amides is 1. The first-order chi connectivity index (χ1) is 10.7. The quantitative estimate of drug-likeness (QED) is 0.786. The highest BCUT2D eigenvalue weighted by Gasteiger charge is 2.30. The van der Waals surface area contributed by atoms with Crippen LogP contribution in [-0.2, 0) is 0 Å². The van der Waals surface area contributed by atoms with Gasteiger partial charge in [-0.05, 0) is 30.9 Å². The number of carbonyl (C=O) groups is 1. The molecule has 1 fully saturated rings. The third-order valence-corrected chi connectivity index (χ3v) is 5.33. The molecule has 22 heavy (non-hydrogen) atoms. The molecule has 4 nitrogen and oxygen atoms in total. The summed E-state index contributed by atoms with van der Waals surface area (Å²) in [5, 5.41) is 1.15. The predicted molar refractivity (Wildman–Crippen MR) is 88.4 cm³/mol. The van der Waals surface area contributed by atoms with E-state index in [1.807, 2.05) is 36.2 Å². The van der Waals surface area contributed by atoms with Crippen molar-refractivity contribution in [2.75, 3.05) is 13.1 Å². The van der Waals surface area contributed by atoms with Crippen LogP contribution in [0.2, 0.25) is 0 Å². The van der Waals surface area contributed by atoms with E-state index in [1.54, 1.807) is 11.3 Å². The van der Waals surface area contributed by atoms with Gasteiger partial charge in [0.05, 0.1) is 4.88 Å². The Kier molecular flexibility index (Phi) is 3.22. The summed E-state index contributed by atoms with van der Waals surface area (Å²) in [5.41, 5.74) is 1.07. The van der Waals surface area contributed by atoms with Gasteiger partial charge in [0.1, 0.15) is 5.82 Å². The molecular weight excluding hydrogens is 294 g/mol. The van der Waals surface area contributed by atoms with Crippen LogP contribution in [0.3, 0.4) is 0 Å². The van der Waals surface area contributed by atoms with Gasteiger partial charge in [0.25, 0.3) is 5.91 Å². The number of fused-ring (bicyclic) bond motifs is 1. The molecule has 1 aromatic carbocycles. The van der Waals surface area contributed by atoms with Gasteiger partial charge in [-0.3, -0.25) is 4.79 Å². The van der Waals surface area contributed by atoms with Gasteiger partial charge in [0.2, 0.25) is 0 Å². The summed E-state index contributed by atoms with van der Waals surface area (Å²) >= 11 is 1.58. The van der Waals surface area contributed by atoms with Crippen molar-refractivity contribution in [2.45, 2.75) is 19.3 Å². The van der Waals surface area contributed by atoms with E-state index in [4.69, 9.17) is 0 Å². The maximum Gasteiger partial charge on any atom is 0.263 e. The molecule has 1 aliphatic heterocycles. The number of rotatable bonds is 2. The maximum absolute atomic E-state index is 12.7. The second kappa shape index (κ2) is 5.25. The van der Waals surface area contributed by atoms with E-state index in [0.717, 1.165) is 41.3 Å². The van der Waals surface area contributed by atoms with Gasteiger partial charge < -0.3 is 9.88 Å². The van der Waals surface area contributed by atoms with Gasteiger partial charge in [0, 0.05) is 35.6 Å². The van der Waals surface area contributed by atoms with Crippen molar-refractivity contribution in [3.8, 4) is 0 Å². The second-order valence-corrected chi connectivity index (χ2v) is 6.92. The first-order valence-corrected chi connectivity index (χ1v) is 8.32. The minimum absolute atomic E-state index is 0.145. The molecule has 4 rings (SSSR count). The lowest BCUT2D eigenvalue weighted by Crippen LogP contribution is -2.27. The number of imidazole rings is 1. The van der Waals surface area contributed by atoms with Crippen molar-refractivity contribution >= 4 is 27.3 Å². The SMILES string of the molecule is Cc1cnc([C@H]2CCN(C(=O)c3cc4ccccc4s3)C2)[nH]1.